The van der Waals surface area contributed by atoms with Crippen LogP contribution in [0.2, 0.25) is 5.02 Å². The van der Waals surface area contributed by atoms with Gasteiger partial charge >= 0.3 is 5.69 Å². The number of benzene rings is 2. The molecular formula is C16H15ClN2O4. The van der Waals surface area contributed by atoms with E-state index in [4.69, 9.17) is 16.3 Å². The standard InChI is InChI=1S/C16H15ClN2O4/c1-10-3-5-13(12(17)7-10)18-16(20)9-23-15-6-4-11(2)8-14(15)19(21)22/h3-8H,9H2,1-2H3,(H,18,20). The molecular weight excluding hydrogens is 320 g/mol. The molecule has 0 bridgehead atoms. The number of carbonyl (C=O) groups is 1. The second-order valence-electron chi connectivity index (χ2n) is 5.05. The number of nitrogens with one attached hydrogen (secondary N) is 1. The van der Waals surface area contributed by atoms with Crippen LogP contribution in [0.15, 0.2) is 36.4 Å². The van der Waals surface area contributed by atoms with Gasteiger partial charge in [0.15, 0.2) is 12.4 Å². The molecule has 120 valence electrons. The Morgan fingerprint density at radius 1 is 1.22 bits per heavy atom. The molecule has 0 heterocycles. The van der Waals surface area contributed by atoms with Crippen molar-refractivity contribution in [3.63, 3.8) is 0 Å². The molecule has 0 fully saturated rings. The van der Waals surface area contributed by atoms with Gasteiger partial charge in [0.1, 0.15) is 0 Å². The van der Waals surface area contributed by atoms with E-state index in [0.29, 0.717) is 10.7 Å². The summed E-state index contributed by atoms with van der Waals surface area (Å²) in [5.41, 5.74) is 2.00. The molecule has 2 aromatic carbocycles. The largest absolute Gasteiger partial charge is 0.477 e. The Morgan fingerprint density at radius 3 is 2.52 bits per heavy atom. The molecule has 2 rings (SSSR count). The minimum absolute atomic E-state index is 0.0470. The minimum atomic E-state index is -0.545. The van der Waals surface area contributed by atoms with Crippen LogP contribution in [0, 0.1) is 24.0 Å². The number of aryl methyl sites for hydroxylation is 2. The highest BCUT2D eigenvalue weighted by Gasteiger charge is 2.16. The first-order valence-electron chi connectivity index (χ1n) is 6.80. The lowest BCUT2D eigenvalue weighted by atomic mass is 10.2. The van der Waals surface area contributed by atoms with Gasteiger partial charge < -0.3 is 10.1 Å². The maximum absolute atomic E-state index is 11.9. The highest BCUT2D eigenvalue weighted by atomic mass is 35.5. The van der Waals surface area contributed by atoms with E-state index in [2.05, 4.69) is 5.32 Å². The monoisotopic (exact) mass is 334 g/mol. The van der Waals surface area contributed by atoms with E-state index in [1.165, 1.54) is 12.1 Å². The molecule has 1 N–H and O–H groups in total. The van der Waals surface area contributed by atoms with E-state index in [9.17, 15) is 14.9 Å². The number of carbonyl (C=O) groups excluding carboxylic acids is 1. The van der Waals surface area contributed by atoms with E-state index in [-0.39, 0.29) is 18.0 Å². The van der Waals surface area contributed by atoms with Crippen LogP contribution in [-0.2, 0) is 4.79 Å². The Kier molecular flexibility index (Phi) is 5.18. The van der Waals surface area contributed by atoms with Crippen LogP contribution >= 0.6 is 11.6 Å². The zero-order chi connectivity index (χ0) is 17.0. The Bertz CT molecular complexity index is 762. The summed E-state index contributed by atoms with van der Waals surface area (Å²) < 4.78 is 5.25. The Morgan fingerprint density at radius 2 is 1.87 bits per heavy atom. The van der Waals surface area contributed by atoms with Gasteiger partial charge in [0, 0.05) is 6.07 Å². The molecule has 0 atom stereocenters. The van der Waals surface area contributed by atoms with Crippen molar-refractivity contribution in [1.82, 2.24) is 0 Å². The maximum atomic E-state index is 11.9. The fraction of sp³-hybridized carbons (Fsp3) is 0.188. The first-order chi connectivity index (χ1) is 10.9. The van der Waals surface area contributed by atoms with Gasteiger partial charge in [0.2, 0.25) is 0 Å². The maximum Gasteiger partial charge on any atom is 0.311 e. The number of anilines is 1. The topological polar surface area (TPSA) is 81.5 Å². The van der Waals surface area contributed by atoms with Gasteiger partial charge in [-0.2, -0.15) is 0 Å². The SMILES string of the molecule is Cc1ccc(NC(=O)COc2ccc(C)cc2[N+](=O)[O-])c(Cl)c1. The van der Waals surface area contributed by atoms with E-state index >= 15 is 0 Å². The van der Waals surface area contributed by atoms with E-state index < -0.39 is 10.8 Å². The number of hydrogen-bond acceptors (Lipinski definition) is 4. The highest BCUT2D eigenvalue weighted by molar-refractivity contribution is 6.33. The average molecular weight is 335 g/mol. The third-order valence-electron chi connectivity index (χ3n) is 3.07. The minimum Gasteiger partial charge on any atom is -0.477 e. The van der Waals surface area contributed by atoms with Crippen molar-refractivity contribution in [2.24, 2.45) is 0 Å². The van der Waals surface area contributed by atoms with Gasteiger partial charge in [0.25, 0.3) is 5.91 Å². The zero-order valence-electron chi connectivity index (χ0n) is 12.6. The lowest BCUT2D eigenvalue weighted by Gasteiger charge is -2.09. The fourth-order valence-electron chi connectivity index (χ4n) is 1.94. The quantitative estimate of drug-likeness (QED) is 0.664. The molecule has 0 spiro atoms. The van der Waals surface area contributed by atoms with Crippen molar-refractivity contribution in [3.8, 4) is 5.75 Å². The number of nitrogens with zero attached hydrogens (tertiary/aromatic N) is 1. The summed E-state index contributed by atoms with van der Waals surface area (Å²) in [6, 6.07) is 9.76. The second-order valence-corrected chi connectivity index (χ2v) is 5.46. The highest BCUT2D eigenvalue weighted by Crippen LogP contribution is 2.28. The van der Waals surface area contributed by atoms with Gasteiger partial charge in [-0.25, -0.2) is 0 Å². The van der Waals surface area contributed by atoms with Gasteiger partial charge in [-0.05, 0) is 43.2 Å². The number of ether oxygens (including phenoxy) is 1. The lowest BCUT2D eigenvalue weighted by Crippen LogP contribution is -2.20. The number of halogens is 1. The summed E-state index contributed by atoms with van der Waals surface area (Å²) in [5.74, 6) is -0.406. The van der Waals surface area contributed by atoms with Crippen LogP contribution < -0.4 is 10.1 Å². The van der Waals surface area contributed by atoms with E-state index in [1.54, 1.807) is 25.1 Å². The summed E-state index contributed by atoms with van der Waals surface area (Å²) in [5, 5.41) is 14.0. The zero-order valence-corrected chi connectivity index (χ0v) is 13.4. The van der Waals surface area contributed by atoms with Crippen molar-refractivity contribution >= 4 is 28.9 Å². The van der Waals surface area contributed by atoms with Crippen molar-refractivity contribution < 1.29 is 14.5 Å². The Labute approximate surface area is 138 Å². The molecule has 6 nitrogen and oxygen atoms in total. The van der Waals surface area contributed by atoms with Crippen molar-refractivity contribution in [3.05, 3.63) is 62.7 Å². The molecule has 7 heteroatoms. The van der Waals surface area contributed by atoms with Gasteiger partial charge in [-0.3, -0.25) is 14.9 Å². The number of hydrogen-bond donors (Lipinski definition) is 1. The molecule has 2 aromatic rings. The molecule has 0 radical (unpaired) electrons. The Balaban J connectivity index is 2.03. The molecule has 0 aliphatic rings. The number of rotatable bonds is 5. The summed E-state index contributed by atoms with van der Waals surface area (Å²) in [4.78, 5) is 22.4. The van der Waals surface area contributed by atoms with Crippen LogP contribution in [0.4, 0.5) is 11.4 Å². The van der Waals surface area contributed by atoms with Gasteiger partial charge in [-0.15, -0.1) is 0 Å². The number of nitro groups is 1. The summed E-state index contributed by atoms with van der Waals surface area (Å²) in [6.07, 6.45) is 0. The average Bonchev–Trinajstić information content (AvgIpc) is 2.48. The predicted octanol–water partition coefficient (Wildman–Crippen LogP) is 3.88. The van der Waals surface area contributed by atoms with Crippen molar-refractivity contribution in [1.29, 1.82) is 0 Å². The van der Waals surface area contributed by atoms with Crippen LogP contribution in [0.3, 0.4) is 0 Å². The molecule has 1 amide bonds. The molecule has 0 aromatic heterocycles. The van der Waals surface area contributed by atoms with Gasteiger partial charge in [-0.1, -0.05) is 23.7 Å². The molecule has 0 saturated carbocycles. The molecule has 0 aliphatic heterocycles. The Hall–Kier alpha value is -2.60. The third-order valence-corrected chi connectivity index (χ3v) is 3.38. The van der Waals surface area contributed by atoms with Gasteiger partial charge in [0.05, 0.1) is 15.6 Å². The van der Waals surface area contributed by atoms with Crippen molar-refractivity contribution in [2.75, 3.05) is 11.9 Å². The summed E-state index contributed by atoms with van der Waals surface area (Å²) in [6.45, 7) is 3.27. The molecule has 23 heavy (non-hydrogen) atoms. The molecule has 0 aliphatic carbocycles. The predicted molar refractivity (Wildman–Crippen MR) is 88.1 cm³/mol. The van der Waals surface area contributed by atoms with Crippen molar-refractivity contribution in [2.45, 2.75) is 13.8 Å². The molecule has 0 unspecified atom stereocenters. The lowest BCUT2D eigenvalue weighted by molar-refractivity contribution is -0.385. The second kappa shape index (κ2) is 7.11. The fourth-order valence-corrected chi connectivity index (χ4v) is 2.23. The number of amides is 1. The smallest absolute Gasteiger partial charge is 0.311 e. The van der Waals surface area contributed by atoms with E-state index in [1.807, 2.05) is 13.0 Å². The van der Waals surface area contributed by atoms with E-state index in [0.717, 1.165) is 11.1 Å². The van der Waals surface area contributed by atoms with Crippen LogP contribution in [0.25, 0.3) is 0 Å². The first kappa shape index (κ1) is 16.8. The number of nitro benzene ring substituents is 1. The van der Waals surface area contributed by atoms with Crippen LogP contribution in [0.1, 0.15) is 11.1 Å². The van der Waals surface area contributed by atoms with Crippen LogP contribution in [-0.4, -0.2) is 17.4 Å². The first-order valence-corrected chi connectivity index (χ1v) is 7.18. The third kappa shape index (κ3) is 4.43. The summed E-state index contributed by atoms with van der Waals surface area (Å²) in [7, 11) is 0. The summed E-state index contributed by atoms with van der Waals surface area (Å²) >= 11 is 6.03. The molecule has 0 saturated heterocycles. The van der Waals surface area contributed by atoms with Crippen LogP contribution in [0.5, 0.6) is 5.75 Å². The normalized spacial score (nSPS) is 10.2.